The summed E-state index contributed by atoms with van der Waals surface area (Å²) in [6.45, 7) is 5.46. The molecule has 160 valence electrons. The van der Waals surface area contributed by atoms with Crippen molar-refractivity contribution in [2.45, 2.75) is 20.8 Å². The van der Waals surface area contributed by atoms with Crippen LogP contribution in [0.1, 0.15) is 26.6 Å². The van der Waals surface area contributed by atoms with Crippen LogP contribution in [0.4, 0.5) is 5.69 Å². The Kier molecular flexibility index (Phi) is 4.67. The second-order valence-electron chi connectivity index (χ2n) is 7.71. The molecule has 3 heterocycles. The van der Waals surface area contributed by atoms with Crippen molar-refractivity contribution in [3.05, 3.63) is 74.6 Å². The van der Waals surface area contributed by atoms with Gasteiger partial charge in [-0.1, -0.05) is 18.2 Å². The molecule has 0 unspecified atom stereocenters. The van der Waals surface area contributed by atoms with E-state index in [1.807, 2.05) is 56.3 Å². The molecule has 0 aliphatic heterocycles. The van der Waals surface area contributed by atoms with Crippen molar-refractivity contribution >= 4 is 44.9 Å². The standard InChI is InChI=1S/C24H20N4O3S/c1-12-13(2)27-28(4)24(30)20(12)23-25-14(3)21(32-23)22(29)26-15-9-10-17-16-7-5-6-8-18(16)31-19(17)11-15/h5-11H,1-4H3,(H,26,29). The van der Waals surface area contributed by atoms with Crippen molar-refractivity contribution in [1.29, 1.82) is 0 Å². The maximum Gasteiger partial charge on any atom is 0.277 e. The van der Waals surface area contributed by atoms with Crippen LogP contribution in [0.15, 0.2) is 51.7 Å². The molecule has 0 bridgehead atoms. The number of aryl methyl sites for hydroxylation is 3. The molecule has 5 rings (SSSR count). The fourth-order valence-electron chi connectivity index (χ4n) is 3.81. The Hall–Kier alpha value is -3.78. The Bertz CT molecular complexity index is 1590. The van der Waals surface area contributed by atoms with Gasteiger partial charge in [-0.2, -0.15) is 5.10 Å². The number of amides is 1. The number of furan rings is 1. The Morgan fingerprint density at radius 3 is 2.59 bits per heavy atom. The zero-order valence-electron chi connectivity index (χ0n) is 18.0. The number of hydrogen-bond donors (Lipinski definition) is 1. The first kappa shape index (κ1) is 20.1. The lowest BCUT2D eigenvalue weighted by Crippen LogP contribution is -2.23. The van der Waals surface area contributed by atoms with E-state index < -0.39 is 0 Å². The molecule has 0 aliphatic carbocycles. The molecule has 7 nitrogen and oxygen atoms in total. The third-order valence-corrected chi connectivity index (χ3v) is 6.75. The molecule has 0 saturated carbocycles. The zero-order chi connectivity index (χ0) is 22.6. The SMILES string of the molecule is Cc1nc(-c2c(C)c(C)nn(C)c2=O)sc1C(=O)Nc1ccc2c(c1)oc1ccccc12. The number of thiazole rings is 1. The number of nitrogens with one attached hydrogen (secondary N) is 1. The van der Waals surface area contributed by atoms with Gasteiger partial charge in [0.2, 0.25) is 0 Å². The number of fused-ring (bicyclic) bond motifs is 3. The summed E-state index contributed by atoms with van der Waals surface area (Å²) >= 11 is 1.21. The van der Waals surface area contributed by atoms with E-state index in [0.717, 1.165) is 27.6 Å². The number of carbonyl (C=O) groups is 1. The molecule has 0 radical (unpaired) electrons. The van der Waals surface area contributed by atoms with Crippen LogP contribution in [0.3, 0.4) is 0 Å². The van der Waals surface area contributed by atoms with Crippen molar-refractivity contribution in [3.63, 3.8) is 0 Å². The van der Waals surface area contributed by atoms with Crippen LogP contribution in [0, 0.1) is 20.8 Å². The fourth-order valence-corrected chi connectivity index (χ4v) is 4.86. The van der Waals surface area contributed by atoms with Crippen molar-refractivity contribution in [1.82, 2.24) is 14.8 Å². The first-order valence-corrected chi connectivity index (χ1v) is 10.9. The molecule has 8 heteroatoms. The molecule has 2 aromatic carbocycles. The summed E-state index contributed by atoms with van der Waals surface area (Å²) in [6.07, 6.45) is 0. The summed E-state index contributed by atoms with van der Waals surface area (Å²) in [5, 5.41) is 9.69. The maximum atomic E-state index is 13.0. The first-order chi connectivity index (χ1) is 15.3. The fraction of sp³-hybridized carbons (Fsp3) is 0.167. The van der Waals surface area contributed by atoms with E-state index in [-0.39, 0.29) is 11.5 Å². The Balaban J connectivity index is 1.49. The van der Waals surface area contributed by atoms with E-state index in [1.54, 1.807) is 14.0 Å². The average molecular weight is 445 g/mol. The number of carbonyl (C=O) groups excluding carboxylic acids is 1. The van der Waals surface area contributed by atoms with Crippen LogP contribution in [0.2, 0.25) is 0 Å². The van der Waals surface area contributed by atoms with Gasteiger partial charge in [0.05, 0.1) is 17.0 Å². The van der Waals surface area contributed by atoms with Crippen LogP contribution in [-0.2, 0) is 7.05 Å². The second-order valence-corrected chi connectivity index (χ2v) is 8.71. The molecule has 0 aliphatic rings. The number of anilines is 1. The Labute approximate surface area is 187 Å². The number of aromatic nitrogens is 3. The number of hydrogen-bond acceptors (Lipinski definition) is 6. The summed E-state index contributed by atoms with van der Waals surface area (Å²) in [6, 6.07) is 13.4. The molecule has 0 atom stereocenters. The Morgan fingerprint density at radius 1 is 1.03 bits per heavy atom. The van der Waals surface area contributed by atoms with E-state index in [0.29, 0.717) is 32.4 Å². The quantitative estimate of drug-likeness (QED) is 0.424. The van der Waals surface area contributed by atoms with Gasteiger partial charge in [-0.05, 0) is 44.5 Å². The molecule has 0 spiro atoms. The molecule has 5 aromatic rings. The third kappa shape index (κ3) is 3.20. The average Bonchev–Trinajstić information content (AvgIpc) is 3.32. The van der Waals surface area contributed by atoms with Crippen LogP contribution in [0.5, 0.6) is 0 Å². The molecule has 1 N–H and O–H groups in total. The highest BCUT2D eigenvalue weighted by Gasteiger charge is 2.21. The van der Waals surface area contributed by atoms with E-state index >= 15 is 0 Å². The summed E-state index contributed by atoms with van der Waals surface area (Å²) in [5.74, 6) is -0.276. The van der Waals surface area contributed by atoms with Gasteiger partial charge in [0.15, 0.2) is 0 Å². The van der Waals surface area contributed by atoms with Gasteiger partial charge in [0.25, 0.3) is 11.5 Å². The van der Waals surface area contributed by atoms with Crippen molar-refractivity contribution in [3.8, 4) is 10.6 Å². The minimum atomic E-state index is -0.276. The smallest absolute Gasteiger partial charge is 0.277 e. The highest BCUT2D eigenvalue weighted by Crippen LogP contribution is 2.32. The highest BCUT2D eigenvalue weighted by molar-refractivity contribution is 7.17. The van der Waals surface area contributed by atoms with Gasteiger partial charge in [-0.15, -0.1) is 11.3 Å². The van der Waals surface area contributed by atoms with Crippen LogP contribution in [-0.4, -0.2) is 20.7 Å². The van der Waals surface area contributed by atoms with Crippen molar-refractivity contribution in [2.24, 2.45) is 7.05 Å². The molecular weight excluding hydrogens is 424 g/mol. The van der Waals surface area contributed by atoms with Gasteiger partial charge in [0, 0.05) is 29.6 Å². The number of nitrogens with zero attached hydrogens (tertiary/aromatic N) is 3. The van der Waals surface area contributed by atoms with Crippen molar-refractivity contribution in [2.75, 3.05) is 5.32 Å². The van der Waals surface area contributed by atoms with E-state index in [9.17, 15) is 9.59 Å². The van der Waals surface area contributed by atoms with E-state index in [1.165, 1.54) is 16.0 Å². The summed E-state index contributed by atoms with van der Waals surface area (Å²) in [5.41, 5.74) is 4.48. The molecular formula is C24H20N4O3S. The first-order valence-electron chi connectivity index (χ1n) is 10.1. The van der Waals surface area contributed by atoms with Crippen LogP contribution in [0.25, 0.3) is 32.5 Å². The zero-order valence-corrected chi connectivity index (χ0v) is 18.8. The van der Waals surface area contributed by atoms with Gasteiger partial charge < -0.3 is 9.73 Å². The number of benzene rings is 2. The van der Waals surface area contributed by atoms with Gasteiger partial charge in [0.1, 0.15) is 21.1 Å². The topological polar surface area (TPSA) is 90.0 Å². The molecule has 0 fully saturated rings. The molecule has 32 heavy (non-hydrogen) atoms. The van der Waals surface area contributed by atoms with E-state index in [2.05, 4.69) is 15.4 Å². The predicted molar refractivity (Wildman–Crippen MR) is 126 cm³/mol. The largest absolute Gasteiger partial charge is 0.456 e. The summed E-state index contributed by atoms with van der Waals surface area (Å²) in [7, 11) is 1.61. The monoisotopic (exact) mass is 444 g/mol. The summed E-state index contributed by atoms with van der Waals surface area (Å²) < 4.78 is 7.21. The third-order valence-electron chi connectivity index (χ3n) is 5.58. The normalized spacial score (nSPS) is 11.4. The molecule has 0 saturated heterocycles. The van der Waals surface area contributed by atoms with Gasteiger partial charge in [-0.3, -0.25) is 9.59 Å². The minimum Gasteiger partial charge on any atom is -0.456 e. The van der Waals surface area contributed by atoms with Gasteiger partial charge in [-0.25, -0.2) is 9.67 Å². The van der Waals surface area contributed by atoms with Crippen molar-refractivity contribution < 1.29 is 9.21 Å². The summed E-state index contributed by atoms with van der Waals surface area (Å²) in [4.78, 5) is 30.7. The molecule has 3 aromatic heterocycles. The maximum absolute atomic E-state index is 13.0. The molecule has 1 amide bonds. The number of rotatable bonds is 3. The number of para-hydroxylation sites is 1. The van der Waals surface area contributed by atoms with Gasteiger partial charge >= 0.3 is 0 Å². The lowest BCUT2D eigenvalue weighted by Gasteiger charge is -2.07. The van der Waals surface area contributed by atoms with Crippen LogP contribution < -0.4 is 10.9 Å². The minimum absolute atomic E-state index is 0.232. The lowest BCUT2D eigenvalue weighted by molar-refractivity contribution is 0.103. The Morgan fingerprint density at radius 2 is 1.78 bits per heavy atom. The lowest BCUT2D eigenvalue weighted by atomic mass is 10.1. The highest BCUT2D eigenvalue weighted by atomic mass is 32.1. The van der Waals surface area contributed by atoms with E-state index in [4.69, 9.17) is 4.42 Å². The predicted octanol–water partition coefficient (Wildman–Crippen LogP) is 4.98. The second kappa shape index (κ2) is 7.42. The van der Waals surface area contributed by atoms with Crippen LogP contribution >= 0.6 is 11.3 Å².